The van der Waals surface area contributed by atoms with Crippen molar-refractivity contribution in [1.82, 2.24) is 0 Å². The zero-order valence-corrected chi connectivity index (χ0v) is 11.7. The van der Waals surface area contributed by atoms with Crippen molar-refractivity contribution in [2.24, 2.45) is 0 Å². The Morgan fingerprint density at radius 2 is 1.76 bits per heavy atom. The van der Waals surface area contributed by atoms with Crippen LogP contribution in [0.1, 0.15) is 23.6 Å². The van der Waals surface area contributed by atoms with Gasteiger partial charge in [-0.05, 0) is 25.1 Å². The lowest BCUT2D eigenvalue weighted by atomic mass is 10.1. The molecule has 2 rings (SSSR count). The van der Waals surface area contributed by atoms with E-state index >= 15 is 0 Å². The van der Waals surface area contributed by atoms with Crippen LogP contribution in [0.25, 0.3) is 0 Å². The summed E-state index contributed by atoms with van der Waals surface area (Å²) in [6, 6.07) is 16.5. The molecule has 0 heterocycles. The standard InChI is InChI=1S/C17H14N2O2/c1-2-20-17-9-13(10-18)7-8-16(17)21-12-15-6-4-3-5-14(15)11-19/h3-9H,2,12H2,1H3. The summed E-state index contributed by atoms with van der Waals surface area (Å²) >= 11 is 0. The SMILES string of the molecule is CCOc1cc(C#N)ccc1OCc1ccccc1C#N. The molecule has 0 spiro atoms. The predicted octanol–water partition coefficient (Wildman–Crippen LogP) is 3.41. The van der Waals surface area contributed by atoms with E-state index < -0.39 is 0 Å². The quantitative estimate of drug-likeness (QED) is 0.840. The van der Waals surface area contributed by atoms with Crippen molar-refractivity contribution in [3.63, 3.8) is 0 Å². The highest BCUT2D eigenvalue weighted by Gasteiger charge is 2.08. The van der Waals surface area contributed by atoms with Crippen molar-refractivity contribution < 1.29 is 9.47 Å². The van der Waals surface area contributed by atoms with Gasteiger partial charge in [-0.3, -0.25) is 0 Å². The van der Waals surface area contributed by atoms with Gasteiger partial charge < -0.3 is 9.47 Å². The molecule has 2 aromatic carbocycles. The molecule has 21 heavy (non-hydrogen) atoms. The number of nitrogens with zero attached hydrogens (tertiary/aromatic N) is 2. The van der Waals surface area contributed by atoms with Gasteiger partial charge in [0.15, 0.2) is 11.5 Å². The number of rotatable bonds is 5. The average molecular weight is 278 g/mol. The molecule has 0 fully saturated rings. The van der Waals surface area contributed by atoms with Gasteiger partial charge in [-0.15, -0.1) is 0 Å². The molecular formula is C17H14N2O2. The van der Waals surface area contributed by atoms with Crippen LogP contribution in [0.3, 0.4) is 0 Å². The Labute approximate surface area is 123 Å². The molecule has 0 aliphatic carbocycles. The van der Waals surface area contributed by atoms with Crippen molar-refractivity contribution in [2.45, 2.75) is 13.5 Å². The molecule has 0 unspecified atom stereocenters. The second-order valence-corrected chi connectivity index (χ2v) is 4.26. The minimum atomic E-state index is 0.274. The molecule has 104 valence electrons. The van der Waals surface area contributed by atoms with Crippen LogP contribution in [0.4, 0.5) is 0 Å². The van der Waals surface area contributed by atoms with E-state index in [1.54, 1.807) is 24.3 Å². The van der Waals surface area contributed by atoms with Crippen LogP contribution in [0, 0.1) is 22.7 Å². The number of hydrogen-bond acceptors (Lipinski definition) is 4. The summed E-state index contributed by atoms with van der Waals surface area (Å²) in [5.74, 6) is 1.09. The molecule has 4 heteroatoms. The monoisotopic (exact) mass is 278 g/mol. The van der Waals surface area contributed by atoms with Crippen LogP contribution in [0.15, 0.2) is 42.5 Å². The molecule has 0 aliphatic heterocycles. The fraction of sp³-hybridized carbons (Fsp3) is 0.176. The highest BCUT2D eigenvalue weighted by molar-refractivity contribution is 5.47. The van der Waals surface area contributed by atoms with E-state index in [1.807, 2.05) is 25.1 Å². The molecule has 0 saturated heterocycles. The zero-order chi connectivity index (χ0) is 15.1. The van der Waals surface area contributed by atoms with Gasteiger partial charge in [0, 0.05) is 11.6 Å². The number of hydrogen-bond donors (Lipinski definition) is 0. The summed E-state index contributed by atoms with van der Waals surface area (Å²) < 4.78 is 11.2. The lowest BCUT2D eigenvalue weighted by Gasteiger charge is -2.12. The summed E-state index contributed by atoms with van der Waals surface area (Å²) in [6.45, 7) is 2.63. The summed E-state index contributed by atoms with van der Waals surface area (Å²) in [5.41, 5.74) is 1.92. The first-order valence-electron chi connectivity index (χ1n) is 6.56. The Hall–Kier alpha value is -2.98. The topological polar surface area (TPSA) is 66.0 Å². The van der Waals surface area contributed by atoms with Gasteiger partial charge in [-0.25, -0.2) is 0 Å². The second-order valence-electron chi connectivity index (χ2n) is 4.26. The van der Waals surface area contributed by atoms with Gasteiger partial charge in [0.25, 0.3) is 0 Å². The van der Waals surface area contributed by atoms with Gasteiger partial charge in [-0.1, -0.05) is 18.2 Å². The Morgan fingerprint density at radius 1 is 0.952 bits per heavy atom. The first-order chi connectivity index (χ1) is 10.3. The first kappa shape index (κ1) is 14.4. The van der Waals surface area contributed by atoms with E-state index in [9.17, 15) is 0 Å². The molecule has 0 saturated carbocycles. The van der Waals surface area contributed by atoms with E-state index in [2.05, 4.69) is 12.1 Å². The largest absolute Gasteiger partial charge is 0.490 e. The number of nitriles is 2. The van der Waals surface area contributed by atoms with Crippen LogP contribution >= 0.6 is 0 Å². The third kappa shape index (κ3) is 3.52. The fourth-order valence-electron chi connectivity index (χ4n) is 1.88. The fourth-order valence-corrected chi connectivity index (χ4v) is 1.88. The predicted molar refractivity (Wildman–Crippen MR) is 77.8 cm³/mol. The third-order valence-electron chi connectivity index (χ3n) is 2.89. The molecule has 4 nitrogen and oxygen atoms in total. The zero-order valence-electron chi connectivity index (χ0n) is 11.7. The van der Waals surface area contributed by atoms with E-state index in [0.29, 0.717) is 29.2 Å². The Bertz CT molecular complexity index is 711. The Balaban J connectivity index is 2.20. The maximum absolute atomic E-state index is 9.06. The van der Waals surface area contributed by atoms with Crippen LogP contribution in [0.2, 0.25) is 0 Å². The molecule has 0 aromatic heterocycles. The third-order valence-corrected chi connectivity index (χ3v) is 2.89. The van der Waals surface area contributed by atoms with Gasteiger partial charge in [0.1, 0.15) is 6.61 Å². The normalized spacial score (nSPS) is 9.48. The molecule has 0 atom stereocenters. The number of benzene rings is 2. The molecule has 0 amide bonds. The molecule has 0 aliphatic rings. The maximum Gasteiger partial charge on any atom is 0.162 e. The van der Waals surface area contributed by atoms with Crippen LogP contribution < -0.4 is 9.47 Å². The van der Waals surface area contributed by atoms with Gasteiger partial charge >= 0.3 is 0 Å². The minimum Gasteiger partial charge on any atom is -0.490 e. The second kappa shape index (κ2) is 6.98. The van der Waals surface area contributed by atoms with Crippen molar-refractivity contribution in [3.8, 4) is 23.6 Å². The Morgan fingerprint density at radius 3 is 2.48 bits per heavy atom. The van der Waals surface area contributed by atoms with Crippen LogP contribution in [0.5, 0.6) is 11.5 Å². The highest BCUT2D eigenvalue weighted by Crippen LogP contribution is 2.29. The van der Waals surface area contributed by atoms with Gasteiger partial charge in [0.05, 0.1) is 29.9 Å². The average Bonchev–Trinajstić information content (AvgIpc) is 2.54. The minimum absolute atomic E-state index is 0.274. The summed E-state index contributed by atoms with van der Waals surface area (Å²) in [4.78, 5) is 0. The smallest absolute Gasteiger partial charge is 0.162 e. The first-order valence-corrected chi connectivity index (χ1v) is 6.56. The summed E-state index contributed by atoms with van der Waals surface area (Å²) in [5, 5.41) is 18.0. The Kier molecular flexibility index (Phi) is 4.79. The molecule has 2 aromatic rings. The van der Waals surface area contributed by atoms with Crippen molar-refractivity contribution in [1.29, 1.82) is 10.5 Å². The summed E-state index contributed by atoms with van der Waals surface area (Å²) in [6.07, 6.45) is 0. The molecule has 0 N–H and O–H groups in total. The highest BCUT2D eigenvalue weighted by atomic mass is 16.5. The lowest BCUT2D eigenvalue weighted by Crippen LogP contribution is -2.01. The molecule has 0 radical (unpaired) electrons. The summed E-state index contributed by atoms with van der Waals surface area (Å²) in [7, 11) is 0. The van der Waals surface area contributed by atoms with Gasteiger partial charge in [0.2, 0.25) is 0 Å². The van der Waals surface area contributed by atoms with E-state index in [4.69, 9.17) is 20.0 Å². The maximum atomic E-state index is 9.06. The van der Waals surface area contributed by atoms with Crippen molar-refractivity contribution in [3.05, 3.63) is 59.2 Å². The van der Waals surface area contributed by atoms with Crippen LogP contribution in [-0.4, -0.2) is 6.61 Å². The van der Waals surface area contributed by atoms with Crippen molar-refractivity contribution in [2.75, 3.05) is 6.61 Å². The van der Waals surface area contributed by atoms with E-state index in [0.717, 1.165) is 5.56 Å². The molecular weight excluding hydrogens is 264 g/mol. The van der Waals surface area contributed by atoms with Gasteiger partial charge in [-0.2, -0.15) is 10.5 Å². The van der Waals surface area contributed by atoms with Crippen LogP contribution in [-0.2, 0) is 6.61 Å². The molecule has 0 bridgehead atoms. The number of ether oxygens (including phenoxy) is 2. The van der Waals surface area contributed by atoms with Crippen molar-refractivity contribution >= 4 is 0 Å². The van der Waals surface area contributed by atoms with E-state index in [-0.39, 0.29) is 6.61 Å². The lowest BCUT2D eigenvalue weighted by molar-refractivity contribution is 0.269. The van der Waals surface area contributed by atoms with E-state index in [1.165, 1.54) is 0 Å².